The highest BCUT2D eigenvalue weighted by Gasteiger charge is 2.33. The highest BCUT2D eigenvalue weighted by atomic mass is 35.5. The molecule has 9 heteroatoms. The molecule has 0 fully saturated rings. The Labute approximate surface area is 224 Å². The molecule has 2 amide bonds. The lowest BCUT2D eigenvalue weighted by molar-refractivity contribution is -0.140. The summed E-state index contributed by atoms with van der Waals surface area (Å²) in [5, 5.41) is 3.20. The van der Waals surface area contributed by atoms with Crippen molar-refractivity contribution in [2.75, 3.05) is 17.4 Å². The summed E-state index contributed by atoms with van der Waals surface area (Å²) in [6, 6.07) is 21.1. The number of rotatable bonds is 11. The zero-order chi connectivity index (χ0) is 27.0. The third kappa shape index (κ3) is 6.90. The first-order valence-electron chi connectivity index (χ1n) is 12.1. The summed E-state index contributed by atoms with van der Waals surface area (Å²) in [4.78, 5) is 28.3. The quantitative estimate of drug-likeness (QED) is 0.378. The Morgan fingerprint density at radius 1 is 0.919 bits per heavy atom. The van der Waals surface area contributed by atoms with E-state index in [4.69, 9.17) is 11.6 Å². The van der Waals surface area contributed by atoms with E-state index in [0.717, 1.165) is 15.4 Å². The first kappa shape index (κ1) is 28.2. The van der Waals surface area contributed by atoms with Crippen molar-refractivity contribution in [3.8, 4) is 0 Å². The third-order valence-electron chi connectivity index (χ3n) is 6.06. The molecule has 0 aliphatic rings. The molecule has 0 aromatic heterocycles. The summed E-state index contributed by atoms with van der Waals surface area (Å²) in [7, 11) is -4.12. The maximum atomic E-state index is 13.9. The van der Waals surface area contributed by atoms with Gasteiger partial charge in [-0.1, -0.05) is 61.0 Å². The number of nitrogens with zero attached hydrogens (tertiary/aromatic N) is 2. The molecule has 0 spiro atoms. The average molecular weight is 542 g/mol. The van der Waals surface area contributed by atoms with E-state index in [0.29, 0.717) is 23.7 Å². The van der Waals surface area contributed by atoms with Gasteiger partial charge in [0, 0.05) is 18.1 Å². The maximum Gasteiger partial charge on any atom is 0.264 e. The predicted octanol–water partition coefficient (Wildman–Crippen LogP) is 4.79. The lowest BCUT2D eigenvalue weighted by atomic mass is 10.1. The molecule has 7 nitrogen and oxygen atoms in total. The van der Waals surface area contributed by atoms with Crippen LogP contribution in [0, 0.1) is 6.92 Å². The van der Waals surface area contributed by atoms with E-state index in [1.54, 1.807) is 30.3 Å². The van der Waals surface area contributed by atoms with Crippen LogP contribution in [0.15, 0.2) is 83.8 Å². The molecule has 3 rings (SSSR count). The van der Waals surface area contributed by atoms with Crippen LogP contribution >= 0.6 is 11.6 Å². The van der Waals surface area contributed by atoms with Crippen LogP contribution in [0.4, 0.5) is 5.69 Å². The van der Waals surface area contributed by atoms with Crippen molar-refractivity contribution in [2.24, 2.45) is 0 Å². The van der Waals surface area contributed by atoms with Gasteiger partial charge < -0.3 is 10.2 Å². The standard InChI is InChI=1S/C28H32ClN3O4S/c1-4-26(28(34)30-5-2)31(19-22-12-10-9-11-21(22)3)27(33)20-32(24-13-7-6-8-14-24)37(35,36)25-17-15-23(29)16-18-25/h6-18,26H,4-5,19-20H2,1-3H3,(H,30,34)/t26-/m0/s1. The zero-order valence-corrected chi connectivity index (χ0v) is 22.8. The number of carbonyl (C=O) groups is 2. The van der Waals surface area contributed by atoms with Crippen molar-refractivity contribution in [3.63, 3.8) is 0 Å². The average Bonchev–Trinajstić information content (AvgIpc) is 2.89. The van der Waals surface area contributed by atoms with Gasteiger partial charge in [-0.25, -0.2) is 8.42 Å². The summed E-state index contributed by atoms with van der Waals surface area (Å²) in [6.45, 7) is 5.70. The van der Waals surface area contributed by atoms with E-state index in [-0.39, 0.29) is 17.3 Å². The van der Waals surface area contributed by atoms with Gasteiger partial charge in [0.2, 0.25) is 11.8 Å². The highest BCUT2D eigenvalue weighted by Crippen LogP contribution is 2.25. The van der Waals surface area contributed by atoms with E-state index in [9.17, 15) is 18.0 Å². The van der Waals surface area contributed by atoms with Crippen LogP contribution in [-0.2, 0) is 26.2 Å². The number of nitrogens with one attached hydrogen (secondary N) is 1. The van der Waals surface area contributed by atoms with Gasteiger partial charge in [0.1, 0.15) is 12.6 Å². The number of aryl methyl sites for hydroxylation is 1. The van der Waals surface area contributed by atoms with Crippen molar-refractivity contribution in [1.82, 2.24) is 10.2 Å². The fraction of sp³-hybridized carbons (Fsp3) is 0.286. The highest BCUT2D eigenvalue weighted by molar-refractivity contribution is 7.92. The van der Waals surface area contributed by atoms with Gasteiger partial charge >= 0.3 is 0 Å². The van der Waals surface area contributed by atoms with Crippen molar-refractivity contribution in [1.29, 1.82) is 0 Å². The van der Waals surface area contributed by atoms with Gasteiger partial charge in [-0.3, -0.25) is 13.9 Å². The number of para-hydroxylation sites is 1. The van der Waals surface area contributed by atoms with Crippen LogP contribution in [-0.4, -0.2) is 44.3 Å². The normalized spacial score (nSPS) is 12.0. The van der Waals surface area contributed by atoms with Crippen LogP contribution in [0.2, 0.25) is 5.02 Å². The molecule has 3 aromatic carbocycles. The Bertz CT molecular complexity index is 1310. The number of carbonyl (C=O) groups excluding carboxylic acids is 2. The van der Waals surface area contributed by atoms with Gasteiger partial charge in [0.05, 0.1) is 10.6 Å². The number of hydrogen-bond acceptors (Lipinski definition) is 4. The number of halogens is 1. The van der Waals surface area contributed by atoms with Crippen LogP contribution in [0.3, 0.4) is 0 Å². The van der Waals surface area contributed by atoms with Crippen LogP contribution in [0.5, 0.6) is 0 Å². The number of sulfonamides is 1. The molecular formula is C28H32ClN3O4S. The minimum Gasteiger partial charge on any atom is -0.355 e. The van der Waals surface area contributed by atoms with Gasteiger partial charge in [-0.05, 0) is 67.8 Å². The summed E-state index contributed by atoms with van der Waals surface area (Å²) >= 11 is 5.97. The molecule has 0 bridgehead atoms. The number of likely N-dealkylation sites (N-methyl/N-ethyl adjacent to an activating group) is 1. The zero-order valence-electron chi connectivity index (χ0n) is 21.2. The van der Waals surface area contributed by atoms with Crippen LogP contribution in [0.25, 0.3) is 0 Å². The number of amides is 2. The first-order valence-corrected chi connectivity index (χ1v) is 14.0. The minimum atomic E-state index is -4.12. The number of anilines is 1. The van der Waals surface area contributed by atoms with E-state index in [1.165, 1.54) is 29.2 Å². The molecule has 3 aromatic rings. The topological polar surface area (TPSA) is 86.8 Å². The van der Waals surface area contributed by atoms with E-state index in [1.807, 2.05) is 45.0 Å². The predicted molar refractivity (Wildman–Crippen MR) is 147 cm³/mol. The molecule has 37 heavy (non-hydrogen) atoms. The second-order valence-corrected chi connectivity index (χ2v) is 10.9. The van der Waals surface area contributed by atoms with Crippen molar-refractivity contribution < 1.29 is 18.0 Å². The Morgan fingerprint density at radius 2 is 1.54 bits per heavy atom. The number of benzene rings is 3. The molecule has 0 saturated heterocycles. The molecule has 0 aliphatic carbocycles. The Hall–Kier alpha value is -3.36. The Morgan fingerprint density at radius 3 is 2.14 bits per heavy atom. The molecular weight excluding hydrogens is 510 g/mol. The Balaban J connectivity index is 2.04. The fourth-order valence-corrected chi connectivity index (χ4v) is 5.58. The second kappa shape index (κ2) is 12.7. The molecule has 0 unspecified atom stereocenters. The molecule has 1 N–H and O–H groups in total. The van der Waals surface area contributed by atoms with Crippen molar-refractivity contribution in [3.05, 3.63) is 95.0 Å². The molecule has 196 valence electrons. The van der Waals surface area contributed by atoms with Crippen molar-refractivity contribution >= 4 is 39.1 Å². The summed E-state index contributed by atoms with van der Waals surface area (Å²) < 4.78 is 28.5. The molecule has 0 saturated carbocycles. The van der Waals surface area contributed by atoms with E-state index >= 15 is 0 Å². The molecule has 0 aliphatic heterocycles. The van der Waals surface area contributed by atoms with Gasteiger partial charge in [-0.2, -0.15) is 0 Å². The summed E-state index contributed by atoms with van der Waals surface area (Å²) in [5.41, 5.74) is 2.19. The van der Waals surface area contributed by atoms with E-state index < -0.39 is 28.5 Å². The lowest BCUT2D eigenvalue weighted by Gasteiger charge is -2.33. The monoisotopic (exact) mass is 541 g/mol. The van der Waals surface area contributed by atoms with Crippen molar-refractivity contribution in [2.45, 2.75) is 44.7 Å². The minimum absolute atomic E-state index is 0.00905. The van der Waals surface area contributed by atoms with Crippen LogP contribution < -0.4 is 9.62 Å². The maximum absolute atomic E-state index is 13.9. The fourth-order valence-electron chi connectivity index (χ4n) is 4.04. The molecule has 0 radical (unpaired) electrons. The van der Waals surface area contributed by atoms with Gasteiger partial charge in [0.25, 0.3) is 10.0 Å². The first-order chi connectivity index (χ1) is 17.7. The summed E-state index contributed by atoms with van der Waals surface area (Å²) in [6.07, 6.45) is 0.374. The largest absolute Gasteiger partial charge is 0.355 e. The van der Waals surface area contributed by atoms with Gasteiger partial charge in [0.15, 0.2) is 0 Å². The SMILES string of the molecule is CCNC(=O)[C@H](CC)N(Cc1ccccc1C)C(=O)CN(c1ccccc1)S(=O)(=O)c1ccc(Cl)cc1. The third-order valence-corrected chi connectivity index (χ3v) is 8.10. The summed E-state index contributed by atoms with van der Waals surface area (Å²) in [5.74, 6) is -0.762. The molecule has 0 heterocycles. The molecule has 1 atom stereocenters. The van der Waals surface area contributed by atoms with Gasteiger partial charge in [-0.15, -0.1) is 0 Å². The van der Waals surface area contributed by atoms with Crippen LogP contribution in [0.1, 0.15) is 31.4 Å². The smallest absolute Gasteiger partial charge is 0.264 e. The second-order valence-electron chi connectivity index (χ2n) is 8.57. The lowest BCUT2D eigenvalue weighted by Crippen LogP contribution is -2.52. The Kier molecular flexibility index (Phi) is 9.72. The van der Waals surface area contributed by atoms with E-state index in [2.05, 4.69) is 5.32 Å². The number of hydrogen-bond donors (Lipinski definition) is 1.